The summed E-state index contributed by atoms with van der Waals surface area (Å²) in [6.45, 7) is 0. The quantitative estimate of drug-likeness (QED) is 0.494. The van der Waals surface area contributed by atoms with Crippen LogP contribution >= 0.6 is 11.8 Å². The highest BCUT2D eigenvalue weighted by molar-refractivity contribution is 8.15. The highest BCUT2D eigenvalue weighted by Crippen LogP contribution is 2.37. The van der Waals surface area contributed by atoms with Crippen LogP contribution in [-0.4, -0.2) is 42.2 Å². The smallest absolute Gasteiger partial charge is 0.315 e. The van der Waals surface area contributed by atoms with Gasteiger partial charge in [0.2, 0.25) is 11.7 Å². The number of methoxy groups -OCH3 is 2. The van der Waals surface area contributed by atoms with Gasteiger partial charge in [0, 0.05) is 11.6 Å². The fourth-order valence-electron chi connectivity index (χ4n) is 1.70. The number of amides is 1. The van der Waals surface area contributed by atoms with Gasteiger partial charge in [-0.05, 0) is 6.07 Å². The van der Waals surface area contributed by atoms with Crippen molar-refractivity contribution in [2.45, 2.75) is 0 Å². The molecule has 0 aromatic heterocycles. The Balaban J connectivity index is 2.29. The maximum Gasteiger partial charge on any atom is 0.315 e. The van der Waals surface area contributed by atoms with Crippen LogP contribution in [0.4, 0.5) is 5.69 Å². The summed E-state index contributed by atoms with van der Waals surface area (Å²) in [7, 11) is 2.71. The molecule has 10 heteroatoms. The number of hydrogen-bond acceptors (Lipinski definition) is 8. The van der Waals surface area contributed by atoms with Gasteiger partial charge in [-0.15, -0.1) is 5.10 Å². The molecule has 0 spiro atoms. The van der Waals surface area contributed by atoms with Crippen LogP contribution in [0.2, 0.25) is 0 Å². The van der Waals surface area contributed by atoms with Gasteiger partial charge < -0.3 is 14.8 Å². The molecule has 22 heavy (non-hydrogen) atoms. The SMILES string of the molecule is COc1cc(C=NN=C2NC(=O)CS2)cc([N+](=O)[O-])c1OC. The van der Waals surface area contributed by atoms with Gasteiger partial charge in [0.05, 0.1) is 31.1 Å². The number of nitro groups is 1. The van der Waals surface area contributed by atoms with Crippen LogP contribution in [0.3, 0.4) is 0 Å². The normalized spacial score (nSPS) is 16.1. The molecule has 1 aromatic rings. The number of benzene rings is 1. The number of ether oxygens (including phenoxy) is 2. The van der Waals surface area contributed by atoms with Crippen molar-refractivity contribution in [3.63, 3.8) is 0 Å². The van der Waals surface area contributed by atoms with Gasteiger partial charge in [-0.1, -0.05) is 11.8 Å². The van der Waals surface area contributed by atoms with Crippen molar-refractivity contribution in [3.05, 3.63) is 27.8 Å². The lowest BCUT2D eigenvalue weighted by molar-refractivity contribution is -0.385. The largest absolute Gasteiger partial charge is 0.493 e. The molecule has 1 N–H and O–H groups in total. The van der Waals surface area contributed by atoms with E-state index in [1.807, 2.05) is 0 Å². The number of nitrogens with zero attached hydrogens (tertiary/aromatic N) is 3. The molecule has 116 valence electrons. The van der Waals surface area contributed by atoms with Crippen LogP contribution in [0.15, 0.2) is 22.3 Å². The van der Waals surface area contributed by atoms with Crippen molar-refractivity contribution in [1.29, 1.82) is 0 Å². The molecule has 1 heterocycles. The van der Waals surface area contributed by atoms with Crippen LogP contribution in [-0.2, 0) is 4.79 Å². The molecule has 0 radical (unpaired) electrons. The predicted octanol–water partition coefficient (Wildman–Crippen LogP) is 1.16. The van der Waals surface area contributed by atoms with Crippen molar-refractivity contribution in [2.24, 2.45) is 10.2 Å². The van der Waals surface area contributed by atoms with E-state index in [9.17, 15) is 14.9 Å². The molecule has 1 amide bonds. The molecule has 1 aliphatic heterocycles. The minimum Gasteiger partial charge on any atom is -0.493 e. The molecule has 9 nitrogen and oxygen atoms in total. The van der Waals surface area contributed by atoms with E-state index in [1.54, 1.807) is 0 Å². The average molecular weight is 324 g/mol. The lowest BCUT2D eigenvalue weighted by Gasteiger charge is -2.08. The van der Waals surface area contributed by atoms with E-state index >= 15 is 0 Å². The first kappa shape index (κ1) is 15.8. The Morgan fingerprint density at radius 1 is 1.41 bits per heavy atom. The fraction of sp³-hybridized carbons (Fsp3) is 0.250. The third kappa shape index (κ3) is 3.52. The van der Waals surface area contributed by atoms with E-state index in [4.69, 9.17) is 9.47 Å². The molecule has 0 bridgehead atoms. The maximum atomic E-state index is 11.1. The summed E-state index contributed by atoms with van der Waals surface area (Å²) in [5, 5.41) is 21.6. The molecule has 0 aliphatic carbocycles. The van der Waals surface area contributed by atoms with Crippen LogP contribution in [0.1, 0.15) is 5.56 Å². The van der Waals surface area contributed by atoms with Gasteiger partial charge in [-0.2, -0.15) is 5.10 Å². The zero-order valence-corrected chi connectivity index (χ0v) is 12.5. The third-order valence-corrected chi connectivity index (χ3v) is 3.48. The lowest BCUT2D eigenvalue weighted by Crippen LogP contribution is -2.19. The fourth-order valence-corrected chi connectivity index (χ4v) is 2.33. The third-order valence-electron chi connectivity index (χ3n) is 2.62. The van der Waals surface area contributed by atoms with Crippen molar-refractivity contribution >= 4 is 34.7 Å². The summed E-state index contributed by atoms with van der Waals surface area (Å²) in [6, 6.07) is 2.83. The van der Waals surface area contributed by atoms with Crippen LogP contribution < -0.4 is 14.8 Å². The van der Waals surface area contributed by atoms with Gasteiger partial charge in [0.25, 0.3) is 0 Å². The van der Waals surface area contributed by atoms with Gasteiger partial charge in [0.15, 0.2) is 10.9 Å². The van der Waals surface area contributed by atoms with Crippen LogP contribution in [0.25, 0.3) is 0 Å². The first-order valence-electron chi connectivity index (χ1n) is 5.99. The molecule has 1 saturated heterocycles. The Bertz CT molecular complexity index is 674. The Morgan fingerprint density at radius 2 is 2.18 bits per heavy atom. The van der Waals surface area contributed by atoms with Gasteiger partial charge in [-0.25, -0.2) is 0 Å². The van der Waals surface area contributed by atoms with E-state index in [0.717, 1.165) is 0 Å². The second-order valence-electron chi connectivity index (χ2n) is 4.02. The number of nitro benzene ring substituents is 1. The molecule has 0 atom stereocenters. The van der Waals surface area contributed by atoms with Crippen LogP contribution in [0, 0.1) is 10.1 Å². The number of rotatable bonds is 5. The molecule has 1 fully saturated rings. The first-order chi connectivity index (χ1) is 10.5. The Kier molecular flexibility index (Phi) is 4.94. The van der Waals surface area contributed by atoms with Crippen molar-refractivity contribution in [3.8, 4) is 11.5 Å². The number of nitrogens with one attached hydrogen (secondary N) is 1. The van der Waals surface area contributed by atoms with Crippen molar-refractivity contribution < 1.29 is 19.2 Å². The first-order valence-corrected chi connectivity index (χ1v) is 6.97. The van der Waals surface area contributed by atoms with Gasteiger partial charge in [-0.3, -0.25) is 14.9 Å². The summed E-state index contributed by atoms with van der Waals surface area (Å²) in [4.78, 5) is 21.5. The summed E-state index contributed by atoms with van der Waals surface area (Å²) < 4.78 is 10.1. The molecular formula is C12H12N4O5S. The van der Waals surface area contributed by atoms with Crippen molar-refractivity contribution in [2.75, 3.05) is 20.0 Å². The number of thioether (sulfide) groups is 1. The summed E-state index contributed by atoms with van der Waals surface area (Å²) in [5.41, 5.74) is 0.183. The van der Waals surface area contributed by atoms with Gasteiger partial charge >= 0.3 is 5.69 Å². The summed E-state index contributed by atoms with van der Waals surface area (Å²) >= 11 is 1.23. The highest BCUT2D eigenvalue weighted by atomic mass is 32.2. The molecular weight excluding hydrogens is 312 g/mol. The van der Waals surface area contributed by atoms with Crippen LogP contribution in [0.5, 0.6) is 11.5 Å². The highest BCUT2D eigenvalue weighted by Gasteiger charge is 2.21. The molecule has 0 saturated carbocycles. The zero-order valence-electron chi connectivity index (χ0n) is 11.7. The van der Waals surface area contributed by atoms with E-state index in [1.165, 1.54) is 44.3 Å². The molecule has 2 rings (SSSR count). The Labute approximate surface area is 129 Å². The Morgan fingerprint density at radius 3 is 2.73 bits per heavy atom. The minimum absolute atomic E-state index is 0.0366. The second kappa shape index (κ2) is 6.89. The van der Waals surface area contributed by atoms with E-state index < -0.39 is 4.92 Å². The van der Waals surface area contributed by atoms with E-state index in [0.29, 0.717) is 16.5 Å². The molecule has 0 unspecified atom stereocenters. The standard InChI is InChI=1S/C12H12N4O5S/c1-20-9-4-7(3-8(16(18)19)11(9)21-2)5-13-15-12-14-10(17)6-22-12/h3-5H,6H2,1-2H3,(H,14,15,17). The number of hydrogen-bond donors (Lipinski definition) is 1. The molecule has 1 aromatic carbocycles. The Hall–Kier alpha value is -2.62. The van der Waals surface area contributed by atoms with Crippen molar-refractivity contribution in [1.82, 2.24) is 5.32 Å². The predicted molar refractivity (Wildman–Crippen MR) is 81.8 cm³/mol. The monoisotopic (exact) mass is 324 g/mol. The summed E-state index contributed by atoms with van der Waals surface area (Å²) in [5.74, 6) is 0.417. The van der Waals surface area contributed by atoms with E-state index in [-0.39, 0.29) is 23.1 Å². The number of amidine groups is 1. The average Bonchev–Trinajstić information content (AvgIpc) is 2.91. The second-order valence-corrected chi connectivity index (χ2v) is 4.98. The molecule has 1 aliphatic rings. The maximum absolute atomic E-state index is 11.1. The number of carbonyl (C=O) groups is 1. The zero-order chi connectivity index (χ0) is 16.1. The number of carbonyl (C=O) groups excluding carboxylic acids is 1. The van der Waals surface area contributed by atoms with Gasteiger partial charge in [0.1, 0.15) is 0 Å². The van der Waals surface area contributed by atoms with E-state index in [2.05, 4.69) is 15.5 Å². The summed E-state index contributed by atoms with van der Waals surface area (Å²) in [6.07, 6.45) is 1.33. The lowest BCUT2D eigenvalue weighted by atomic mass is 10.2. The topological polar surface area (TPSA) is 115 Å². The minimum atomic E-state index is -0.572.